The van der Waals surface area contributed by atoms with Gasteiger partial charge in [-0.25, -0.2) is 0 Å². The maximum absolute atomic E-state index is 9.34. The molecule has 1 radical (unpaired) electrons. The molecular weight excluding hydrogens is 392 g/mol. The van der Waals surface area contributed by atoms with E-state index in [1.165, 1.54) is 0 Å². The molecular formula is C9H15CeO9. The largest absolute Gasteiger partial charge is 3.00 e. The second kappa shape index (κ2) is 15.7. The average Bonchev–Trinajstić information content (AvgIpc) is 2.18. The van der Waals surface area contributed by atoms with Crippen LogP contribution in [0.25, 0.3) is 0 Å². The van der Waals surface area contributed by atoms with E-state index in [4.69, 9.17) is 15.3 Å². The molecule has 0 aliphatic carbocycles. The normalized spacial score (nSPS) is 12.9. The molecule has 0 fully saturated rings. The molecule has 0 aliphatic rings. The fourth-order valence-electron chi connectivity index (χ4n) is 0. The van der Waals surface area contributed by atoms with Crippen LogP contribution in [0.3, 0.4) is 0 Å². The van der Waals surface area contributed by atoms with Crippen molar-refractivity contribution in [2.24, 2.45) is 0 Å². The Balaban J connectivity index is -0.0000000865. The van der Waals surface area contributed by atoms with Crippen molar-refractivity contribution in [3.63, 3.8) is 0 Å². The molecule has 10 heteroatoms. The molecule has 0 amide bonds. The Morgan fingerprint density at radius 2 is 0.737 bits per heavy atom. The predicted octanol–water partition coefficient (Wildman–Crippen LogP) is -5.65. The van der Waals surface area contributed by atoms with Gasteiger partial charge in [0, 0.05) is 0 Å². The third kappa shape index (κ3) is 31.9. The zero-order chi connectivity index (χ0) is 15.5. The first-order chi connectivity index (χ1) is 7.93. The Hall–Kier alpha value is -0.333. The first-order valence-electron chi connectivity index (χ1n) is 4.60. The summed E-state index contributed by atoms with van der Waals surface area (Å²) in [4.78, 5) is 28.0. The van der Waals surface area contributed by atoms with Crippen LogP contribution in [-0.4, -0.2) is 51.5 Å². The summed E-state index contributed by atoms with van der Waals surface area (Å²) in [5.74, 6) is -4.31. The van der Waals surface area contributed by atoms with Crippen LogP contribution in [0.4, 0.5) is 0 Å². The van der Waals surface area contributed by atoms with Gasteiger partial charge in [-0.2, -0.15) is 0 Å². The first kappa shape index (κ1) is 27.1. The number of aliphatic hydroxyl groups excluding tert-OH is 3. The Morgan fingerprint density at radius 3 is 0.737 bits per heavy atom. The monoisotopic (exact) mass is 407 g/mol. The van der Waals surface area contributed by atoms with E-state index in [1.54, 1.807) is 0 Å². The molecule has 0 rings (SSSR count). The van der Waals surface area contributed by atoms with Crippen molar-refractivity contribution in [3.05, 3.63) is 0 Å². The van der Waals surface area contributed by atoms with Gasteiger partial charge in [0.2, 0.25) is 0 Å². The molecule has 0 heterocycles. The number of carbonyl (C=O) groups excluding carboxylic acids is 3. The molecule has 3 atom stereocenters. The first-order valence-corrected chi connectivity index (χ1v) is 4.60. The molecule has 0 aromatic carbocycles. The van der Waals surface area contributed by atoms with Gasteiger partial charge in [0.05, 0.1) is 36.2 Å². The van der Waals surface area contributed by atoms with Gasteiger partial charge in [0.15, 0.2) is 0 Å². The number of hydrogen-bond donors (Lipinski definition) is 3. The predicted molar refractivity (Wildman–Crippen MR) is 50.1 cm³/mol. The topological polar surface area (TPSA) is 181 Å². The number of rotatable bonds is 3. The number of carboxylic acid groups (broad SMARTS) is 3. The van der Waals surface area contributed by atoms with Gasteiger partial charge in [-0.1, -0.05) is 0 Å². The van der Waals surface area contributed by atoms with E-state index in [2.05, 4.69) is 0 Å². The smallest absolute Gasteiger partial charge is 0.547 e. The Bertz CT molecular complexity index is 220. The average molecular weight is 407 g/mol. The molecule has 109 valence electrons. The van der Waals surface area contributed by atoms with Crippen LogP contribution >= 0.6 is 0 Å². The molecule has 0 saturated heterocycles. The third-order valence-corrected chi connectivity index (χ3v) is 1.02. The number of carboxylic acids is 3. The minimum atomic E-state index is -1.44. The Kier molecular flexibility index (Phi) is 22.4. The fourth-order valence-corrected chi connectivity index (χ4v) is 0. The van der Waals surface area contributed by atoms with Gasteiger partial charge >= 0.3 is 41.7 Å². The van der Waals surface area contributed by atoms with E-state index in [0.717, 1.165) is 20.8 Å². The van der Waals surface area contributed by atoms with Crippen molar-refractivity contribution < 1.29 is 86.8 Å². The summed E-state index contributed by atoms with van der Waals surface area (Å²) in [5, 5.41) is 51.9. The Labute approximate surface area is 143 Å². The van der Waals surface area contributed by atoms with Crippen LogP contribution in [0.1, 0.15) is 20.8 Å². The van der Waals surface area contributed by atoms with E-state index in [0.29, 0.717) is 0 Å². The van der Waals surface area contributed by atoms with Crippen molar-refractivity contribution in [1.82, 2.24) is 0 Å². The third-order valence-electron chi connectivity index (χ3n) is 1.02. The molecule has 0 saturated carbocycles. The van der Waals surface area contributed by atoms with Crippen molar-refractivity contribution in [2.75, 3.05) is 0 Å². The summed E-state index contributed by atoms with van der Waals surface area (Å²) in [6.07, 6.45) is -4.03. The minimum Gasteiger partial charge on any atom is -0.547 e. The molecule has 3 unspecified atom stereocenters. The molecule has 0 bridgehead atoms. The number of hydrogen-bond acceptors (Lipinski definition) is 9. The molecule has 19 heavy (non-hydrogen) atoms. The SMILES string of the molecule is CC(O)C(=O)[O-].CC(O)C(=O)[O-].CC(O)C(=O)[O-].[Ce+3]. The van der Waals surface area contributed by atoms with Crippen molar-refractivity contribution in [1.29, 1.82) is 0 Å². The van der Waals surface area contributed by atoms with Crippen LogP contribution < -0.4 is 15.3 Å². The zero-order valence-corrected chi connectivity index (χ0v) is 13.7. The second-order valence-electron chi connectivity index (χ2n) is 2.99. The maximum atomic E-state index is 9.34. The molecule has 0 spiro atoms. The van der Waals surface area contributed by atoms with Crippen LogP contribution in [0.2, 0.25) is 0 Å². The van der Waals surface area contributed by atoms with E-state index >= 15 is 0 Å². The quantitative estimate of drug-likeness (QED) is 0.411. The van der Waals surface area contributed by atoms with Gasteiger partial charge in [0.25, 0.3) is 0 Å². The van der Waals surface area contributed by atoms with Gasteiger partial charge in [-0.3, -0.25) is 0 Å². The van der Waals surface area contributed by atoms with Crippen LogP contribution in [0, 0.1) is 41.7 Å². The molecule has 9 nitrogen and oxygen atoms in total. The zero-order valence-electron chi connectivity index (χ0n) is 10.5. The summed E-state index contributed by atoms with van der Waals surface area (Å²) in [6, 6.07) is 0. The standard InChI is InChI=1S/3C3H6O3.Ce/c3*1-2(4)3(5)6;/h3*2,4H,1H3,(H,5,6);/q;;;+3/p-3. The molecule has 0 aromatic heterocycles. The van der Waals surface area contributed by atoms with Gasteiger partial charge < -0.3 is 45.0 Å². The fraction of sp³-hybridized carbons (Fsp3) is 0.667. The maximum Gasteiger partial charge on any atom is 3.00 e. The number of aliphatic carboxylic acids is 3. The molecule has 0 aliphatic heterocycles. The minimum absolute atomic E-state index is 0. The van der Waals surface area contributed by atoms with Crippen LogP contribution in [0.5, 0.6) is 0 Å². The van der Waals surface area contributed by atoms with E-state index in [-0.39, 0.29) is 41.7 Å². The van der Waals surface area contributed by atoms with Crippen molar-refractivity contribution in [3.8, 4) is 0 Å². The van der Waals surface area contributed by atoms with Crippen molar-refractivity contribution in [2.45, 2.75) is 39.1 Å². The second-order valence-corrected chi connectivity index (χ2v) is 2.99. The van der Waals surface area contributed by atoms with E-state index < -0.39 is 36.2 Å². The van der Waals surface area contributed by atoms with Crippen molar-refractivity contribution >= 4 is 17.9 Å². The molecule has 0 aromatic rings. The Morgan fingerprint density at radius 1 is 0.684 bits per heavy atom. The number of carbonyl (C=O) groups is 3. The van der Waals surface area contributed by atoms with Gasteiger partial charge in [0.1, 0.15) is 0 Å². The van der Waals surface area contributed by atoms with E-state index in [9.17, 15) is 29.7 Å². The summed E-state index contributed by atoms with van der Waals surface area (Å²) in [7, 11) is 0. The van der Waals surface area contributed by atoms with E-state index in [1.807, 2.05) is 0 Å². The summed E-state index contributed by atoms with van der Waals surface area (Å²) < 4.78 is 0. The van der Waals surface area contributed by atoms with Crippen LogP contribution in [-0.2, 0) is 14.4 Å². The van der Waals surface area contributed by atoms with Gasteiger partial charge in [-0.05, 0) is 20.8 Å². The number of aliphatic hydroxyl groups is 3. The van der Waals surface area contributed by atoms with Crippen LogP contribution in [0.15, 0.2) is 0 Å². The molecule has 3 N–H and O–H groups in total. The summed E-state index contributed by atoms with van der Waals surface area (Å²) in [6.45, 7) is 3.40. The summed E-state index contributed by atoms with van der Waals surface area (Å²) in [5.41, 5.74) is 0. The summed E-state index contributed by atoms with van der Waals surface area (Å²) >= 11 is 0. The van der Waals surface area contributed by atoms with Gasteiger partial charge in [-0.15, -0.1) is 0 Å².